The number of aliphatic hydroxyl groups excluding tert-OH is 1. The first kappa shape index (κ1) is 28.0. The van der Waals surface area contributed by atoms with Crippen LogP contribution in [0.25, 0.3) is 11.1 Å². The van der Waals surface area contributed by atoms with Gasteiger partial charge in [-0.3, -0.25) is 4.79 Å². The van der Waals surface area contributed by atoms with Crippen LogP contribution in [0, 0.1) is 12.8 Å². The van der Waals surface area contributed by atoms with Gasteiger partial charge in [-0.25, -0.2) is 8.42 Å². The molecule has 0 bridgehead atoms. The highest BCUT2D eigenvalue weighted by molar-refractivity contribution is 7.89. The summed E-state index contributed by atoms with van der Waals surface area (Å²) in [5, 5.41) is 9.99. The maximum atomic E-state index is 13.9. The van der Waals surface area contributed by atoms with Gasteiger partial charge in [-0.2, -0.15) is 4.31 Å². The molecule has 0 saturated carbocycles. The molecule has 1 amide bonds. The zero-order valence-corrected chi connectivity index (χ0v) is 23.2. The van der Waals surface area contributed by atoms with E-state index in [0.29, 0.717) is 12.1 Å². The molecule has 0 spiro atoms. The van der Waals surface area contributed by atoms with Crippen molar-refractivity contribution in [1.82, 2.24) is 9.21 Å². The van der Waals surface area contributed by atoms with Gasteiger partial charge in [0, 0.05) is 31.6 Å². The minimum absolute atomic E-state index is 0.113. The molecule has 1 aliphatic rings. The smallest absolute Gasteiger partial charge is 0.254 e. The summed E-state index contributed by atoms with van der Waals surface area (Å²) in [5.74, 6) is -0.397. The van der Waals surface area contributed by atoms with E-state index in [0.717, 1.165) is 22.3 Å². The number of carbonyl (C=O) groups excluding carboxylic acids is 1. The van der Waals surface area contributed by atoms with Crippen molar-refractivity contribution in [2.75, 3.05) is 26.7 Å². The predicted molar refractivity (Wildman–Crippen MR) is 148 cm³/mol. The molecule has 1 aliphatic heterocycles. The average Bonchev–Trinajstić information content (AvgIpc) is 2.94. The fourth-order valence-corrected chi connectivity index (χ4v) is 5.98. The molecule has 3 atom stereocenters. The van der Waals surface area contributed by atoms with Gasteiger partial charge >= 0.3 is 0 Å². The SMILES string of the molecule is Cc1ccc(S(=O)(=O)N(C)C[C@@H]2OCc3ccccc3-c3ccccc3C(=O)N([C@H](C)CO)C[C@H]2C)cc1. The Balaban J connectivity index is 1.73. The molecule has 3 aromatic rings. The fraction of sp³-hybridized carbons (Fsp3) is 0.367. The van der Waals surface area contributed by atoms with Gasteiger partial charge < -0.3 is 14.7 Å². The Morgan fingerprint density at radius 2 is 1.61 bits per heavy atom. The van der Waals surface area contributed by atoms with Crippen molar-refractivity contribution in [1.29, 1.82) is 0 Å². The van der Waals surface area contributed by atoms with Crippen LogP contribution in [0.3, 0.4) is 0 Å². The van der Waals surface area contributed by atoms with Gasteiger partial charge in [0.2, 0.25) is 10.0 Å². The van der Waals surface area contributed by atoms with Crippen LogP contribution in [-0.2, 0) is 21.4 Å². The van der Waals surface area contributed by atoms with Gasteiger partial charge in [0.15, 0.2) is 0 Å². The predicted octanol–water partition coefficient (Wildman–Crippen LogP) is 4.34. The Labute approximate surface area is 225 Å². The first-order valence-electron chi connectivity index (χ1n) is 12.9. The first-order chi connectivity index (χ1) is 18.1. The van der Waals surface area contributed by atoms with Gasteiger partial charge in [-0.05, 0) is 48.7 Å². The maximum absolute atomic E-state index is 13.9. The lowest BCUT2D eigenvalue weighted by Crippen LogP contribution is -2.47. The van der Waals surface area contributed by atoms with Gasteiger partial charge in [0.25, 0.3) is 5.91 Å². The largest absolute Gasteiger partial charge is 0.394 e. The second-order valence-corrected chi connectivity index (χ2v) is 12.2. The monoisotopic (exact) mass is 536 g/mol. The molecular weight excluding hydrogens is 500 g/mol. The molecule has 4 rings (SSSR count). The van der Waals surface area contributed by atoms with Gasteiger partial charge in [-0.1, -0.05) is 67.1 Å². The van der Waals surface area contributed by atoms with E-state index in [1.165, 1.54) is 4.31 Å². The van der Waals surface area contributed by atoms with Crippen molar-refractivity contribution in [3.63, 3.8) is 0 Å². The lowest BCUT2D eigenvalue weighted by Gasteiger charge is -2.35. The summed E-state index contributed by atoms with van der Waals surface area (Å²) in [6, 6.07) is 21.6. The second kappa shape index (κ2) is 11.8. The standard InChI is InChI=1S/C30H36N2O5S/c1-21-13-15-25(16-14-21)38(35,36)31(4)18-29-22(2)17-32(23(3)19-33)30(34)28-12-8-7-11-27(28)26-10-6-5-9-24(26)20-37-29/h5-16,22-23,29,33H,17-20H2,1-4H3/t22-,23-,29+/m1/s1. The molecule has 8 heteroatoms. The third-order valence-electron chi connectivity index (χ3n) is 7.26. The molecule has 38 heavy (non-hydrogen) atoms. The molecule has 0 aliphatic carbocycles. The van der Waals surface area contributed by atoms with Crippen LogP contribution in [0.5, 0.6) is 0 Å². The summed E-state index contributed by atoms with van der Waals surface area (Å²) in [7, 11) is -2.18. The lowest BCUT2D eigenvalue weighted by atomic mass is 9.94. The van der Waals surface area contributed by atoms with Crippen LogP contribution in [0.4, 0.5) is 0 Å². The summed E-state index contributed by atoms with van der Waals surface area (Å²) in [6.45, 7) is 6.17. The summed E-state index contributed by atoms with van der Waals surface area (Å²) >= 11 is 0. The molecule has 0 unspecified atom stereocenters. The Hall–Kier alpha value is -3.04. The molecule has 202 valence electrons. The van der Waals surface area contributed by atoms with E-state index in [1.807, 2.05) is 69.3 Å². The number of rotatable bonds is 6. The van der Waals surface area contributed by atoms with E-state index in [-0.39, 0.29) is 36.5 Å². The lowest BCUT2D eigenvalue weighted by molar-refractivity contribution is -0.0146. The van der Waals surface area contributed by atoms with Gasteiger partial charge in [0.05, 0.1) is 30.3 Å². The first-order valence-corrected chi connectivity index (χ1v) is 14.3. The highest BCUT2D eigenvalue weighted by Crippen LogP contribution is 2.31. The highest BCUT2D eigenvalue weighted by Gasteiger charge is 2.32. The Morgan fingerprint density at radius 1 is 1.00 bits per heavy atom. The number of nitrogens with zero attached hydrogens (tertiary/aromatic N) is 2. The van der Waals surface area contributed by atoms with E-state index >= 15 is 0 Å². The number of amides is 1. The molecular formula is C30H36N2O5S. The van der Waals surface area contributed by atoms with E-state index in [4.69, 9.17) is 4.74 Å². The van der Waals surface area contributed by atoms with Crippen molar-refractivity contribution < 1.29 is 23.1 Å². The van der Waals surface area contributed by atoms with E-state index in [2.05, 4.69) is 0 Å². The summed E-state index contributed by atoms with van der Waals surface area (Å²) in [4.78, 5) is 15.8. The molecule has 3 aromatic carbocycles. The van der Waals surface area contributed by atoms with Crippen LogP contribution in [0.1, 0.15) is 35.3 Å². The average molecular weight is 537 g/mol. The van der Waals surface area contributed by atoms with Gasteiger partial charge in [0.1, 0.15) is 0 Å². The third-order valence-corrected chi connectivity index (χ3v) is 9.10. The van der Waals surface area contributed by atoms with E-state index < -0.39 is 22.2 Å². The molecule has 0 fully saturated rings. The summed E-state index contributed by atoms with van der Waals surface area (Å²) in [6.07, 6.45) is -0.504. The van der Waals surface area contributed by atoms with Crippen molar-refractivity contribution in [2.24, 2.45) is 5.92 Å². The zero-order valence-electron chi connectivity index (χ0n) is 22.4. The molecule has 0 saturated heterocycles. The van der Waals surface area contributed by atoms with Crippen LogP contribution < -0.4 is 0 Å². The number of ether oxygens (including phenoxy) is 1. The van der Waals surface area contributed by atoms with Crippen LogP contribution in [-0.4, -0.2) is 67.5 Å². The van der Waals surface area contributed by atoms with Crippen LogP contribution in [0.2, 0.25) is 0 Å². The highest BCUT2D eigenvalue weighted by atomic mass is 32.2. The fourth-order valence-electron chi connectivity index (χ4n) is 4.79. The number of hydrogen-bond donors (Lipinski definition) is 1. The third kappa shape index (κ3) is 5.83. The molecule has 0 radical (unpaired) electrons. The quantitative estimate of drug-likeness (QED) is 0.507. The number of hydrogen-bond acceptors (Lipinski definition) is 5. The Bertz CT molecular complexity index is 1370. The number of carbonyl (C=O) groups is 1. The van der Waals surface area contributed by atoms with Crippen molar-refractivity contribution in [2.45, 2.75) is 44.4 Å². The zero-order chi connectivity index (χ0) is 27.4. The van der Waals surface area contributed by atoms with Crippen molar-refractivity contribution >= 4 is 15.9 Å². The molecule has 1 N–H and O–H groups in total. The maximum Gasteiger partial charge on any atom is 0.254 e. The van der Waals surface area contributed by atoms with Gasteiger partial charge in [-0.15, -0.1) is 0 Å². The molecule has 7 nitrogen and oxygen atoms in total. The Morgan fingerprint density at radius 3 is 2.26 bits per heavy atom. The number of aliphatic hydroxyl groups is 1. The van der Waals surface area contributed by atoms with Crippen LogP contribution in [0.15, 0.2) is 77.7 Å². The number of benzene rings is 3. The van der Waals surface area contributed by atoms with Crippen LogP contribution >= 0.6 is 0 Å². The van der Waals surface area contributed by atoms with Crippen molar-refractivity contribution in [3.05, 3.63) is 89.5 Å². The number of fused-ring (bicyclic) bond motifs is 3. The second-order valence-electron chi connectivity index (χ2n) is 10.1. The Kier molecular flexibility index (Phi) is 8.67. The molecule has 1 heterocycles. The van der Waals surface area contributed by atoms with Crippen molar-refractivity contribution in [3.8, 4) is 11.1 Å². The molecule has 0 aromatic heterocycles. The minimum atomic E-state index is -3.74. The normalized spacial score (nSPS) is 19.4. The summed E-state index contributed by atoms with van der Waals surface area (Å²) in [5.41, 5.74) is 4.15. The summed E-state index contributed by atoms with van der Waals surface area (Å²) < 4.78 is 34.5. The van der Waals surface area contributed by atoms with E-state index in [1.54, 1.807) is 36.2 Å². The number of likely N-dealkylation sites (N-methyl/N-ethyl adjacent to an activating group) is 1. The number of aryl methyl sites for hydroxylation is 1. The number of sulfonamides is 1. The minimum Gasteiger partial charge on any atom is -0.394 e. The van der Waals surface area contributed by atoms with E-state index in [9.17, 15) is 18.3 Å². The topological polar surface area (TPSA) is 87.2 Å².